The molecule has 2 aliphatic heterocycles. The molecule has 24 heavy (non-hydrogen) atoms. The van der Waals surface area contributed by atoms with Crippen molar-refractivity contribution in [2.75, 3.05) is 25.5 Å². The fourth-order valence-electron chi connectivity index (χ4n) is 4.02. The highest BCUT2D eigenvalue weighted by molar-refractivity contribution is 5.55. The summed E-state index contributed by atoms with van der Waals surface area (Å²) in [6, 6.07) is 7.26. The molecule has 4 rings (SSSR count). The molecule has 3 heterocycles. The summed E-state index contributed by atoms with van der Waals surface area (Å²) in [6.07, 6.45) is 6.96. The Morgan fingerprint density at radius 3 is 2.88 bits per heavy atom. The van der Waals surface area contributed by atoms with E-state index in [1.807, 2.05) is 12.1 Å². The Balaban J connectivity index is 1.84. The van der Waals surface area contributed by atoms with Crippen molar-refractivity contribution in [3.63, 3.8) is 0 Å². The lowest BCUT2D eigenvalue weighted by atomic mass is 9.96. The molecule has 1 fully saturated rings. The van der Waals surface area contributed by atoms with Gasteiger partial charge in [0.05, 0.1) is 11.7 Å². The van der Waals surface area contributed by atoms with Crippen LogP contribution in [0, 0.1) is 5.82 Å². The maximum absolute atomic E-state index is 14.4. The number of anilines is 1. The summed E-state index contributed by atoms with van der Waals surface area (Å²) >= 11 is 0. The van der Waals surface area contributed by atoms with Crippen LogP contribution in [0.25, 0.3) is 5.69 Å². The Labute approximate surface area is 142 Å². The van der Waals surface area contributed by atoms with Crippen molar-refractivity contribution in [2.24, 2.45) is 0 Å². The Hall–Kier alpha value is -1.88. The zero-order valence-electron chi connectivity index (χ0n) is 14.3. The molecular formula is C19H25FN4. The van der Waals surface area contributed by atoms with Gasteiger partial charge < -0.3 is 5.32 Å². The molecule has 1 aromatic carbocycles. The van der Waals surface area contributed by atoms with Gasteiger partial charge >= 0.3 is 0 Å². The highest BCUT2D eigenvalue weighted by atomic mass is 19.1. The van der Waals surface area contributed by atoms with Crippen molar-refractivity contribution in [1.29, 1.82) is 0 Å². The molecule has 128 valence electrons. The first-order valence-corrected chi connectivity index (χ1v) is 9.06. The van der Waals surface area contributed by atoms with Crippen LogP contribution in [0.1, 0.15) is 49.4 Å². The SMILES string of the molecule is CN1CCCCC1c1nn(-c2ccccc2F)c2c1CCCCN2. The Morgan fingerprint density at radius 1 is 1.17 bits per heavy atom. The second-order valence-corrected chi connectivity index (χ2v) is 6.95. The highest BCUT2D eigenvalue weighted by Gasteiger charge is 2.30. The number of rotatable bonds is 2. The Bertz CT molecular complexity index is 724. The van der Waals surface area contributed by atoms with Crippen molar-refractivity contribution < 1.29 is 4.39 Å². The summed E-state index contributed by atoms with van der Waals surface area (Å²) in [5, 5.41) is 8.42. The number of nitrogens with zero attached hydrogens (tertiary/aromatic N) is 3. The summed E-state index contributed by atoms with van der Waals surface area (Å²) in [5.74, 6) is 0.768. The maximum atomic E-state index is 14.4. The molecule has 1 atom stereocenters. The van der Waals surface area contributed by atoms with Crippen LogP contribution in [0.4, 0.5) is 10.2 Å². The fourth-order valence-corrected chi connectivity index (χ4v) is 4.02. The molecule has 2 aromatic rings. The minimum absolute atomic E-state index is 0.225. The highest BCUT2D eigenvalue weighted by Crippen LogP contribution is 2.37. The van der Waals surface area contributed by atoms with Gasteiger partial charge in [0, 0.05) is 12.1 Å². The Morgan fingerprint density at radius 2 is 2.04 bits per heavy atom. The van der Waals surface area contributed by atoms with E-state index in [4.69, 9.17) is 5.10 Å². The van der Waals surface area contributed by atoms with E-state index in [-0.39, 0.29) is 5.82 Å². The van der Waals surface area contributed by atoms with Gasteiger partial charge in [-0.05, 0) is 57.8 Å². The number of fused-ring (bicyclic) bond motifs is 1. The van der Waals surface area contributed by atoms with Crippen LogP contribution >= 0.6 is 0 Å². The second kappa shape index (κ2) is 6.55. The largest absolute Gasteiger partial charge is 0.370 e. The zero-order chi connectivity index (χ0) is 16.5. The average Bonchev–Trinajstić information content (AvgIpc) is 2.78. The molecule has 0 radical (unpaired) electrons. The monoisotopic (exact) mass is 328 g/mol. The molecule has 0 bridgehead atoms. The average molecular weight is 328 g/mol. The van der Waals surface area contributed by atoms with Gasteiger partial charge in [0.15, 0.2) is 0 Å². The van der Waals surface area contributed by atoms with Crippen LogP contribution in [0.2, 0.25) is 0 Å². The standard InChI is InChI=1S/C19H25FN4/c1-23-13-7-5-11-17(23)18-14-8-4-6-12-21-19(14)24(22-18)16-10-3-2-9-15(16)20/h2-3,9-10,17,21H,4-8,11-13H2,1H3. The van der Waals surface area contributed by atoms with Gasteiger partial charge in [-0.2, -0.15) is 5.10 Å². The summed E-state index contributed by atoms with van der Waals surface area (Å²) < 4.78 is 16.2. The van der Waals surface area contributed by atoms with Gasteiger partial charge in [0.2, 0.25) is 0 Å². The molecule has 2 aliphatic rings. The zero-order valence-corrected chi connectivity index (χ0v) is 14.3. The number of benzene rings is 1. The van der Waals surface area contributed by atoms with Crippen LogP contribution in [-0.2, 0) is 6.42 Å². The third-order valence-electron chi connectivity index (χ3n) is 5.33. The lowest BCUT2D eigenvalue weighted by Gasteiger charge is -2.31. The van der Waals surface area contributed by atoms with Crippen LogP contribution < -0.4 is 5.32 Å². The van der Waals surface area contributed by atoms with Crippen molar-refractivity contribution in [2.45, 2.75) is 44.6 Å². The van der Waals surface area contributed by atoms with Gasteiger partial charge in [0.25, 0.3) is 0 Å². The third kappa shape index (κ3) is 2.71. The summed E-state index contributed by atoms with van der Waals surface area (Å²) in [5.41, 5.74) is 2.97. The van der Waals surface area contributed by atoms with Crippen molar-refractivity contribution in [1.82, 2.24) is 14.7 Å². The molecule has 0 spiro atoms. The number of hydrogen-bond donors (Lipinski definition) is 1. The van der Waals surface area contributed by atoms with Gasteiger partial charge in [-0.15, -0.1) is 0 Å². The molecule has 0 aliphatic carbocycles. The van der Waals surface area contributed by atoms with Gasteiger partial charge in [-0.3, -0.25) is 4.90 Å². The molecule has 1 unspecified atom stereocenters. The van der Waals surface area contributed by atoms with E-state index in [0.29, 0.717) is 11.7 Å². The van der Waals surface area contributed by atoms with E-state index >= 15 is 0 Å². The van der Waals surface area contributed by atoms with E-state index in [1.165, 1.54) is 24.5 Å². The van der Waals surface area contributed by atoms with Crippen LogP contribution in [0.3, 0.4) is 0 Å². The van der Waals surface area contributed by atoms with Crippen LogP contribution in [-0.4, -0.2) is 34.8 Å². The lowest BCUT2D eigenvalue weighted by molar-refractivity contribution is 0.182. The summed E-state index contributed by atoms with van der Waals surface area (Å²) in [6.45, 7) is 2.03. The summed E-state index contributed by atoms with van der Waals surface area (Å²) in [4.78, 5) is 2.41. The van der Waals surface area contributed by atoms with E-state index in [2.05, 4.69) is 17.3 Å². The quantitative estimate of drug-likeness (QED) is 0.907. The predicted octanol–water partition coefficient (Wildman–Crippen LogP) is 3.92. The number of halogens is 1. The number of nitrogens with one attached hydrogen (secondary N) is 1. The lowest BCUT2D eigenvalue weighted by Crippen LogP contribution is -2.30. The molecule has 0 saturated carbocycles. The third-order valence-corrected chi connectivity index (χ3v) is 5.33. The first-order chi connectivity index (χ1) is 11.8. The predicted molar refractivity (Wildman–Crippen MR) is 94.2 cm³/mol. The summed E-state index contributed by atoms with van der Waals surface area (Å²) in [7, 11) is 2.18. The fraction of sp³-hybridized carbons (Fsp3) is 0.526. The topological polar surface area (TPSA) is 33.1 Å². The number of likely N-dealkylation sites (tertiary alicyclic amines) is 1. The Kier molecular flexibility index (Phi) is 4.27. The number of aromatic nitrogens is 2. The molecule has 5 heteroatoms. The van der Waals surface area contributed by atoms with E-state index in [0.717, 1.165) is 50.3 Å². The van der Waals surface area contributed by atoms with E-state index in [9.17, 15) is 4.39 Å². The number of piperidine rings is 1. The maximum Gasteiger partial charge on any atom is 0.148 e. The molecule has 4 nitrogen and oxygen atoms in total. The first-order valence-electron chi connectivity index (χ1n) is 9.06. The minimum atomic E-state index is -0.225. The molecule has 1 N–H and O–H groups in total. The molecule has 1 saturated heterocycles. The van der Waals surface area contributed by atoms with Crippen LogP contribution in [0.5, 0.6) is 0 Å². The second-order valence-electron chi connectivity index (χ2n) is 6.95. The van der Waals surface area contributed by atoms with Crippen molar-refractivity contribution in [3.05, 3.63) is 41.3 Å². The smallest absolute Gasteiger partial charge is 0.148 e. The molecule has 1 aromatic heterocycles. The molecule has 0 amide bonds. The number of para-hydroxylation sites is 1. The molecular weight excluding hydrogens is 303 g/mol. The van der Waals surface area contributed by atoms with E-state index in [1.54, 1.807) is 10.7 Å². The van der Waals surface area contributed by atoms with E-state index < -0.39 is 0 Å². The van der Waals surface area contributed by atoms with Crippen LogP contribution in [0.15, 0.2) is 24.3 Å². The number of hydrogen-bond acceptors (Lipinski definition) is 3. The first kappa shape index (κ1) is 15.6. The normalized spacial score (nSPS) is 21.8. The minimum Gasteiger partial charge on any atom is -0.370 e. The van der Waals surface area contributed by atoms with Gasteiger partial charge in [0.1, 0.15) is 17.3 Å². The van der Waals surface area contributed by atoms with Crippen molar-refractivity contribution >= 4 is 5.82 Å². The van der Waals surface area contributed by atoms with Crippen molar-refractivity contribution in [3.8, 4) is 5.69 Å². The van der Waals surface area contributed by atoms with Gasteiger partial charge in [-0.1, -0.05) is 18.6 Å². The van der Waals surface area contributed by atoms with Gasteiger partial charge in [-0.25, -0.2) is 9.07 Å².